The SMILES string of the molecule is O=C(NC1CCC1)[C@H]1[C@H](CO)[C@H]2Cn3c(ccc(/C=C/c4ccccc4)c3=O)[C@H]2N1Cc1ccncc1. The molecule has 2 aromatic heterocycles. The first kappa shape index (κ1) is 23.8. The number of benzene rings is 1. The molecule has 0 spiro atoms. The Morgan fingerprint density at radius 2 is 1.84 bits per heavy atom. The summed E-state index contributed by atoms with van der Waals surface area (Å²) in [5, 5.41) is 13.7. The van der Waals surface area contributed by atoms with Gasteiger partial charge in [-0.2, -0.15) is 0 Å². The van der Waals surface area contributed by atoms with Crippen molar-refractivity contribution in [3.63, 3.8) is 0 Å². The molecule has 2 N–H and O–H groups in total. The van der Waals surface area contributed by atoms with Crippen molar-refractivity contribution < 1.29 is 9.90 Å². The summed E-state index contributed by atoms with van der Waals surface area (Å²) >= 11 is 0. The highest BCUT2D eigenvalue weighted by Crippen LogP contribution is 2.49. The standard InChI is InChI=1S/C30H32N4O3/c35-19-25-24-18-33-26(12-11-22(30(33)37)10-9-20-5-2-1-3-6-20)27(24)34(17-21-13-15-31-16-14-21)28(25)29(36)32-23-7-4-8-23/h1-3,5-6,9-16,23-25,27-28,35H,4,7-8,17-19H2,(H,32,36)/b10-9+/t24-,25-,27+,28-/m1/s1. The zero-order chi connectivity index (χ0) is 25.4. The fourth-order valence-corrected chi connectivity index (χ4v) is 6.22. The Kier molecular flexibility index (Phi) is 6.49. The van der Waals surface area contributed by atoms with Crippen molar-refractivity contribution in [2.24, 2.45) is 11.8 Å². The predicted molar refractivity (Wildman–Crippen MR) is 142 cm³/mol. The third-order valence-corrected chi connectivity index (χ3v) is 8.31. The lowest BCUT2D eigenvalue weighted by Gasteiger charge is -2.34. The van der Waals surface area contributed by atoms with Crippen molar-refractivity contribution in [2.75, 3.05) is 6.61 Å². The molecule has 3 aromatic rings. The van der Waals surface area contributed by atoms with Gasteiger partial charge in [0.2, 0.25) is 5.91 Å². The average Bonchev–Trinajstić information content (AvgIpc) is 3.42. The van der Waals surface area contributed by atoms with E-state index in [-0.39, 0.29) is 42.0 Å². The van der Waals surface area contributed by atoms with Gasteiger partial charge >= 0.3 is 0 Å². The molecule has 7 nitrogen and oxygen atoms in total. The van der Waals surface area contributed by atoms with Crippen LogP contribution < -0.4 is 10.9 Å². The van der Waals surface area contributed by atoms with Crippen molar-refractivity contribution in [3.05, 3.63) is 99.7 Å². The lowest BCUT2D eigenvalue weighted by Crippen LogP contribution is -2.52. The molecule has 3 aliphatic rings. The number of hydrogen-bond donors (Lipinski definition) is 2. The van der Waals surface area contributed by atoms with Crippen LogP contribution in [0.25, 0.3) is 12.2 Å². The third kappa shape index (κ3) is 4.43. The van der Waals surface area contributed by atoms with Crippen LogP contribution in [0.1, 0.15) is 47.7 Å². The molecular weight excluding hydrogens is 464 g/mol. The maximum absolute atomic E-state index is 13.5. The molecule has 2 fully saturated rings. The van der Waals surface area contributed by atoms with Gasteiger partial charge in [0, 0.05) is 61.2 Å². The van der Waals surface area contributed by atoms with Gasteiger partial charge in [0.1, 0.15) is 0 Å². The smallest absolute Gasteiger partial charge is 0.258 e. The van der Waals surface area contributed by atoms with Gasteiger partial charge in [-0.25, -0.2) is 0 Å². The van der Waals surface area contributed by atoms with Crippen molar-refractivity contribution in [3.8, 4) is 0 Å². The summed E-state index contributed by atoms with van der Waals surface area (Å²) in [7, 11) is 0. The second-order valence-corrected chi connectivity index (χ2v) is 10.4. The molecule has 6 rings (SSSR count). The number of likely N-dealkylation sites (tertiary alicyclic amines) is 1. The van der Waals surface area contributed by atoms with Crippen molar-refractivity contribution >= 4 is 18.1 Å². The Balaban J connectivity index is 1.35. The minimum absolute atomic E-state index is 0.0106. The maximum atomic E-state index is 13.5. The first-order valence-electron chi connectivity index (χ1n) is 13.2. The molecule has 1 saturated carbocycles. The highest BCUT2D eigenvalue weighted by molar-refractivity contribution is 5.83. The number of rotatable bonds is 7. The Hall–Kier alpha value is -3.55. The van der Waals surface area contributed by atoms with Gasteiger partial charge in [-0.1, -0.05) is 36.4 Å². The van der Waals surface area contributed by atoms with Crippen LogP contribution in [0.3, 0.4) is 0 Å². The average molecular weight is 497 g/mol. The Bertz CT molecular complexity index is 1350. The first-order valence-corrected chi connectivity index (χ1v) is 13.2. The molecule has 1 aliphatic carbocycles. The van der Waals surface area contributed by atoms with Gasteiger partial charge in [-0.05, 0) is 60.7 Å². The van der Waals surface area contributed by atoms with E-state index in [1.165, 1.54) is 0 Å². The molecular formula is C30H32N4O3. The number of pyridine rings is 2. The summed E-state index contributed by atoms with van der Waals surface area (Å²) in [6.45, 7) is 0.949. The van der Waals surface area contributed by atoms with Gasteiger partial charge in [-0.15, -0.1) is 0 Å². The molecule has 4 atom stereocenters. The van der Waals surface area contributed by atoms with E-state index in [0.29, 0.717) is 18.7 Å². The number of nitrogens with zero attached hydrogens (tertiary/aromatic N) is 3. The third-order valence-electron chi connectivity index (χ3n) is 8.31. The van der Waals surface area contributed by atoms with E-state index in [4.69, 9.17) is 0 Å². The van der Waals surface area contributed by atoms with Crippen molar-refractivity contribution in [1.29, 1.82) is 0 Å². The number of aliphatic hydroxyl groups excluding tert-OH is 1. The number of hydrogen-bond acceptors (Lipinski definition) is 5. The van der Waals surface area contributed by atoms with E-state index in [0.717, 1.165) is 36.1 Å². The highest BCUT2D eigenvalue weighted by Gasteiger charge is 2.55. The summed E-state index contributed by atoms with van der Waals surface area (Å²) in [4.78, 5) is 33.4. The summed E-state index contributed by atoms with van der Waals surface area (Å²) < 4.78 is 1.85. The molecule has 1 saturated heterocycles. The number of fused-ring (bicyclic) bond motifs is 3. The number of carbonyl (C=O) groups is 1. The molecule has 2 aliphatic heterocycles. The summed E-state index contributed by atoms with van der Waals surface area (Å²) in [5.41, 5.74) is 3.60. The lowest BCUT2D eigenvalue weighted by atomic mass is 9.87. The van der Waals surface area contributed by atoms with Crippen LogP contribution >= 0.6 is 0 Å². The molecule has 0 unspecified atom stereocenters. The van der Waals surface area contributed by atoms with Crippen molar-refractivity contribution in [1.82, 2.24) is 19.8 Å². The van der Waals surface area contributed by atoms with Gasteiger partial charge in [-0.3, -0.25) is 19.5 Å². The Morgan fingerprint density at radius 1 is 1.05 bits per heavy atom. The van der Waals surface area contributed by atoms with Crippen LogP contribution in [0.2, 0.25) is 0 Å². The number of aromatic nitrogens is 2. The fourth-order valence-electron chi connectivity index (χ4n) is 6.22. The largest absolute Gasteiger partial charge is 0.396 e. The summed E-state index contributed by atoms with van der Waals surface area (Å²) in [5.74, 6) is -0.289. The van der Waals surface area contributed by atoms with Crippen LogP contribution in [0.5, 0.6) is 0 Å². The van der Waals surface area contributed by atoms with Crippen LogP contribution in [-0.4, -0.2) is 44.2 Å². The molecule has 190 valence electrons. The first-order chi connectivity index (χ1) is 18.1. The second-order valence-electron chi connectivity index (χ2n) is 10.4. The number of aliphatic hydroxyl groups is 1. The van der Waals surface area contributed by atoms with Crippen LogP contribution in [-0.2, 0) is 17.9 Å². The monoisotopic (exact) mass is 496 g/mol. The van der Waals surface area contributed by atoms with E-state index in [1.54, 1.807) is 12.4 Å². The minimum atomic E-state index is -0.449. The quantitative estimate of drug-likeness (QED) is 0.524. The van der Waals surface area contributed by atoms with Crippen LogP contribution in [0, 0.1) is 11.8 Å². The number of amides is 1. The molecule has 0 bridgehead atoms. The van der Waals surface area contributed by atoms with E-state index in [1.807, 2.05) is 71.3 Å². The molecule has 1 aromatic carbocycles. The fraction of sp³-hybridized carbons (Fsp3) is 0.367. The van der Waals surface area contributed by atoms with E-state index in [2.05, 4.69) is 15.2 Å². The van der Waals surface area contributed by atoms with Gasteiger partial charge < -0.3 is 15.0 Å². The Labute approximate surface area is 216 Å². The molecule has 4 heterocycles. The van der Waals surface area contributed by atoms with Crippen LogP contribution in [0.15, 0.2) is 71.8 Å². The van der Waals surface area contributed by atoms with E-state index in [9.17, 15) is 14.7 Å². The summed E-state index contributed by atoms with van der Waals surface area (Å²) in [6.07, 6.45) is 10.5. The number of carbonyl (C=O) groups excluding carboxylic acids is 1. The van der Waals surface area contributed by atoms with Crippen LogP contribution in [0.4, 0.5) is 0 Å². The van der Waals surface area contributed by atoms with Gasteiger partial charge in [0.15, 0.2) is 0 Å². The maximum Gasteiger partial charge on any atom is 0.258 e. The van der Waals surface area contributed by atoms with E-state index < -0.39 is 6.04 Å². The number of nitrogens with one attached hydrogen (secondary N) is 1. The molecule has 37 heavy (non-hydrogen) atoms. The topological polar surface area (TPSA) is 87.5 Å². The van der Waals surface area contributed by atoms with Crippen molar-refractivity contribution in [2.45, 2.75) is 50.5 Å². The zero-order valence-electron chi connectivity index (χ0n) is 20.7. The van der Waals surface area contributed by atoms with Gasteiger partial charge in [0.05, 0.1) is 12.1 Å². The highest BCUT2D eigenvalue weighted by atomic mass is 16.3. The minimum Gasteiger partial charge on any atom is -0.396 e. The molecule has 0 radical (unpaired) electrons. The summed E-state index contributed by atoms with van der Waals surface area (Å²) in [6, 6.07) is 17.4. The zero-order valence-corrected chi connectivity index (χ0v) is 20.7. The second kappa shape index (κ2) is 10.1. The predicted octanol–water partition coefficient (Wildman–Crippen LogP) is 3.25. The van der Waals surface area contributed by atoms with E-state index >= 15 is 0 Å². The van der Waals surface area contributed by atoms with Gasteiger partial charge in [0.25, 0.3) is 5.56 Å². The molecule has 1 amide bonds. The normalized spacial score (nSPS) is 25.1. The Morgan fingerprint density at radius 3 is 2.54 bits per heavy atom. The lowest BCUT2D eigenvalue weighted by molar-refractivity contribution is -0.129. The molecule has 7 heteroatoms.